The second-order valence-corrected chi connectivity index (χ2v) is 5.73. The largest absolute Gasteiger partial charge is 0.235 e. The van der Waals surface area contributed by atoms with Gasteiger partial charge in [0.25, 0.3) is 0 Å². The summed E-state index contributed by atoms with van der Waals surface area (Å²) in [5.74, 6) is 0. The van der Waals surface area contributed by atoms with E-state index >= 15 is 0 Å². The molecule has 0 spiro atoms. The Labute approximate surface area is 139 Å². The van der Waals surface area contributed by atoms with Gasteiger partial charge in [0.05, 0.1) is 18.6 Å². The fraction of sp³-hybridized carbons (Fsp3) is 0.750. The van der Waals surface area contributed by atoms with Crippen molar-refractivity contribution in [3.8, 4) is 0 Å². The van der Waals surface area contributed by atoms with Gasteiger partial charge in [-0.3, -0.25) is 0 Å². The summed E-state index contributed by atoms with van der Waals surface area (Å²) in [7, 11) is 0. The number of unbranched alkanes of at least 4 members (excludes halogenated alkanes) is 2. The number of aliphatic imine (C=N–C) groups is 4. The highest BCUT2D eigenvalue weighted by Crippen LogP contribution is 2.39. The van der Waals surface area contributed by atoms with Gasteiger partial charge in [0.2, 0.25) is 24.3 Å². The average Bonchev–Trinajstić information content (AvgIpc) is 2.73. The fourth-order valence-electron chi connectivity index (χ4n) is 3.32. The van der Waals surface area contributed by atoms with Gasteiger partial charge < -0.3 is 0 Å². The van der Waals surface area contributed by atoms with Gasteiger partial charge in [-0.1, -0.05) is 25.7 Å². The molecule has 2 atom stereocenters. The predicted molar refractivity (Wildman–Crippen MR) is 84.6 cm³/mol. The zero-order chi connectivity index (χ0) is 17.7. The van der Waals surface area contributed by atoms with Crippen LogP contribution in [0.1, 0.15) is 51.4 Å². The minimum Gasteiger partial charge on any atom is -0.211 e. The van der Waals surface area contributed by atoms with E-state index in [0.717, 1.165) is 19.3 Å². The summed E-state index contributed by atoms with van der Waals surface area (Å²) >= 11 is 0. The van der Waals surface area contributed by atoms with Crippen LogP contribution in [0.3, 0.4) is 0 Å². The fourth-order valence-corrected chi connectivity index (χ4v) is 3.32. The lowest BCUT2D eigenvalue weighted by molar-refractivity contribution is 0.261. The highest BCUT2D eigenvalue weighted by atomic mass is 16.1. The maximum atomic E-state index is 11.0. The molecule has 1 aliphatic carbocycles. The molecule has 1 saturated carbocycles. The van der Waals surface area contributed by atoms with Gasteiger partial charge in [-0.05, 0) is 25.7 Å². The van der Waals surface area contributed by atoms with Crippen LogP contribution in [0, 0.1) is 0 Å². The quantitative estimate of drug-likeness (QED) is 0.277. The van der Waals surface area contributed by atoms with Crippen molar-refractivity contribution in [2.24, 2.45) is 20.0 Å². The summed E-state index contributed by atoms with van der Waals surface area (Å²) in [6.45, 7) is 0.388. The molecule has 0 aliphatic heterocycles. The van der Waals surface area contributed by atoms with Crippen molar-refractivity contribution >= 4 is 24.3 Å². The Morgan fingerprint density at radius 3 is 1.92 bits per heavy atom. The van der Waals surface area contributed by atoms with E-state index in [2.05, 4.69) is 20.0 Å². The van der Waals surface area contributed by atoms with E-state index in [1.807, 2.05) is 0 Å². The zero-order valence-electron chi connectivity index (χ0n) is 13.4. The van der Waals surface area contributed by atoms with Crippen LogP contribution in [0.5, 0.6) is 0 Å². The Balaban J connectivity index is 3.04. The minimum atomic E-state index is -1.07. The van der Waals surface area contributed by atoms with Gasteiger partial charge in [-0.25, -0.2) is 24.2 Å². The molecule has 0 saturated heterocycles. The third-order valence-corrected chi connectivity index (χ3v) is 4.44. The molecule has 0 N–H and O–H groups in total. The van der Waals surface area contributed by atoms with Gasteiger partial charge in [-0.15, -0.1) is 0 Å². The third-order valence-electron chi connectivity index (χ3n) is 4.44. The van der Waals surface area contributed by atoms with E-state index in [0.29, 0.717) is 38.6 Å². The lowest BCUT2D eigenvalue weighted by atomic mass is 9.78. The van der Waals surface area contributed by atoms with Crippen molar-refractivity contribution in [3.05, 3.63) is 0 Å². The average molecular weight is 332 g/mol. The molecule has 0 bridgehead atoms. The summed E-state index contributed by atoms with van der Waals surface area (Å²) in [6.07, 6.45) is 11.4. The van der Waals surface area contributed by atoms with Gasteiger partial charge in [-0.2, -0.15) is 15.0 Å². The number of rotatable bonds is 9. The molecule has 2 unspecified atom stereocenters. The molecule has 1 fully saturated rings. The lowest BCUT2D eigenvalue weighted by Gasteiger charge is -2.35. The molecule has 0 radical (unpaired) electrons. The summed E-state index contributed by atoms with van der Waals surface area (Å²) in [4.78, 5) is 57.8. The van der Waals surface area contributed by atoms with Crippen LogP contribution >= 0.6 is 0 Å². The summed E-state index contributed by atoms with van der Waals surface area (Å²) in [5, 5.41) is 0. The Morgan fingerprint density at radius 1 is 0.792 bits per heavy atom. The molecular formula is C16H20N4O4. The number of isocyanates is 4. The zero-order valence-corrected chi connectivity index (χ0v) is 13.4. The molecule has 0 aromatic rings. The monoisotopic (exact) mass is 332 g/mol. The molecular weight excluding hydrogens is 312 g/mol. The number of carbonyl (C=O) groups excluding carboxylic acids is 4. The molecule has 8 heteroatoms. The molecule has 1 rings (SSSR count). The highest BCUT2D eigenvalue weighted by molar-refractivity contribution is 5.40. The molecule has 1 aliphatic rings. The number of nitrogens with zero attached hydrogens (tertiary/aromatic N) is 4. The molecule has 128 valence electrons. The lowest BCUT2D eigenvalue weighted by Crippen LogP contribution is -2.48. The van der Waals surface area contributed by atoms with Crippen LogP contribution in [0.25, 0.3) is 0 Å². The Hall–Kier alpha value is -2.48. The van der Waals surface area contributed by atoms with Crippen molar-refractivity contribution in [2.45, 2.75) is 69.0 Å². The smallest absolute Gasteiger partial charge is 0.211 e. The Kier molecular flexibility index (Phi) is 9.06. The first kappa shape index (κ1) is 19.6. The maximum Gasteiger partial charge on any atom is 0.235 e. The molecule has 24 heavy (non-hydrogen) atoms. The van der Waals surface area contributed by atoms with Gasteiger partial charge >= 0.3 is 0 Å². The standard InChI is InChI=1S/C16H20N4O4/c21-10-17-9-5-1-4-8-16(20-13-24)14(18-11-22)6-2-3-7-15(16)19-12-23/h14-15H,1-9H2. The molecule has 0 heterocycles. The van der Waals surface area contributed by atoms with Crippen LogP contribution in [-0.2, 0) is 19.2 Å². The van der Waals surface area contributed by atoms with E-state index in [1.165, 1.54) is 6.08 Å². The van der Waals surface area contributed by atoms with Crippen LogP contribution in [-0.4, -0.2) is 48.5 Å². The topological polar surface area (TPSA) is 118 Å². The summed E-state index contributed by atoms with van der Waals surface area (Å²) < 4.78 is 0. The SMILES string of the molecule is O=C=NCCCCCC1(N=C=O)C(N=C=O)CCCCC1N=C=O. The van der Waals surface area contributed by atoms with Gasteiger partial charge in [0, 0.05) is 0 Å². The Morgan fingerprint density at radius 2 is 1.42 bits per heavy atom. The highest BCUT2D eigenvalue weighted by Gasteiger charge is 2.47. The first-order chi connectivity index (χ1) is 11.7. The summed E-state index contributed by atoms with van der Waals surface area (Å²) in [5.41, 5.74) is -1.07. The second kappa shape index (κ2) is 11.1. The number of hydrogen-bond donors (Lipinski definition) is 0. The van der Waals surface area contributed by atoms with Crippen LogP contribution in [0.15, 0.2) is 20.0 Å². The van der Waals surface area contributed by atoms with Crippen molar-refractivity contribution in [3.63, 3.8) is 0 Å². The van der Waals surface area contributed by atoms with Gasteiger partial charge in [0.1, 0.15) is 5.54 Å². The van der Waals surface area contributed by atoms with Crippen molar-refractivity contribution in [2.75, 3.05) is 6.54 Å². The molecule has 0 amide bonds. The van der Waals surface area contributed by atoms with Crippen molar-refractivity contribution < 1.29 is 19.2 Å². The first-order valence-corrected chi connectivity index (χ1v) is 8.01. The van der Waals surface area contributed by atoms with Crippen LogP contribution in [0.2, 0.25) is 0 Å². The normalized spacial score (nSPS) is 25.8. The first-order valence-electron chi connectivity index (χ1n) is 8.01. The van der Waals surface area contributed by atoms with Crippen molar-refractivity contribution in [1.29, 1.82) is 0 Å². The van der Waals surface area contributed by atoms with Crippen molar-refractivity contribution in [1.82, 2.24) is 0 Å². The minimum absolute atomic E-state index is 0.388. The van der Waals surface area contributed by atoms with E-state index in [9.17, 15) is 19.2 Å². The summed E-state index contributed by atoms with van der Waals surface area (Å²) in [6, 6.07) is -1.12. The van der Waals surface area contributed by atoms with Crippen LogP contribution in [0.4, 0.5) is 0 Å². The van der Waals surface area contributed by atoms with E-state index < -0.39 is 17.6 Å². The molecule has 8 nitrogen and oxygen atoms in total. The number of hydrogen-bond acceptors (Lipinski definition) is 8. The third kappa shape index (κ3) is 5.31. The Bertz CT molecular complexity index is 567. The predicted octanol–water partition coefficient (Wildman–Crippen LogP) is 1.94. The second-order valence-electron chi connectivity index (χ2n) is 5.73. The molecule has 0 aromatic heterocycles. The maximum absolute atomic E-state index is 11.0. The van der Waals surface area contributed by atoms with E-state index in [-0.39, 0.29) is 0 Å². The molecule has 0 aromatic carbocycles. The van der Waals surface area contributed by atoms with Gasteiger partial charge in [0.15, 0.2) is 0 Å². The van der Waals surface area contributed by atoms with E-state index in [4.69, 9.17) is 0 Å². The van der Waals surface area contributed by atoms with Crippen LogP contribution < -0.4 is 0 Å². The van der Waals surface area contributed by atoms with E-state index in [1.54, 1.807) is 18.2 Å².